The van der Waals surface area contributed by atoms with E-state index in [0.29, 0.717) is 24.4 Å². The minimum Gasteiger partial charge on any atom is -0.475 e. The summed E-state index contributed by atoms with van der Waals surface area (Å²) in [6.45, 7) is 6.48. The first-order valence-electron chi connectivity index (χ1n) is 9.78. The molecule has 1 amide bonds. The molecule has 2 fully saturated rings. The lowest BCUT2D eigenvalue weighted by molar-refractivity contribution is 0.00538. The maximum absolute atomic E-state index is 14.7. The Kier molecular flexibility index (Phi) is 3.94. The van der Waals surface area contributed by atoms with Crippen molar-refractivity contribution in [3.8, 4) is 5.88 Å². The molecule has 3 atom stereocenters. The third-order valence-corrected chi connectivity index (χ3v) is 6.15. The summed E-state index contributed by atoms with van der Waals surface area (Å²) in [5.41, 5.74) is -0.285. The van der Waals surface area contributed by atoms with Gasteiger partial charge in [-0.15, -0.1) is 0 Å². The summed E-state index contributed by atoms with van der Waals surface area (Å²) in [6, 6.07) is -0.194. The van der Waals surface area contributed by atoms with Gasteiger partial charge in [0, 0.05) is 13.6 Å². The Morgan fingerprint density at radius 2 is 2.07 bits per heavy atom. The Balaban J connectivity index is 1.56. The third kappa shape index (κ3) is 2.73. The van der Waals surface area contributed by atoms with Crippen molar-refractivity contribution in [2.75, 3.05) is 18.1 Å². The van der Waals surface area contributed by atoms with Crippen LogP contribution in [-0.4, -0.2) is 62.6 Å². The van der Waals surface area contributed by atoms with Crippen LogP contribution in [0.2, 0.25) is 5.15 Å². The highest BCUT2D eigenvalue weighted by Crippen LogP contribution is 2.44. The number of aryl methyl sites for hydroxylation is 1. The number of carbonyl (C=O) groups excluding carboxylic acids is 1. The van der Waals surface area contributed by atoms with Gasteiger partial charge in [0.1, 0.15) is 23.1 Å². The van der Waals surface area contributed by atoms with E-state index in [1.807, 2.05) is 25.7 Å². The standard InChI is InChI=1S/C19H23ClFN5O3/c1-19(2,3)29-18(27)26-9-5-6-10(26)11-8-28-17-12-14(13(21)15(20)22-17)24(4)23-16(12)25(11)7-9/h9-11H,5-8H2,1-4H3/t9-,10+,11-/m1/s1. The van der Waals surface area contributed by atoms with Crippen LogP contribution in [0.5, 0.6) is 5.88 Å². The molecule has 5 rings (SSSR count). The van der Waals surface area contributed by atoms with Crippen LogP contribution in [0.15, 0.2) is 0 Å². The number of carbonyl (C=O) groups is 1. The number of amides is 1. The van der Waals surface area contributed by atoms with E-state index in [4.69, 9.17) is 21.1 Å². The first-order chi connectivity index (χ1) is 13.7. The van der Waals surface area contributed by atoms with E-state index < -0.39 is 11.4 Å². The van der Waals surface area contributed by atoms with Gasteiger partial charge >= 0.3 is 6.09 Å². The lowest BCUT2D eigenvalue weighted by Crippen LogP contribution is -2.63. The van der Waals surface area contributed by atoms with E-state index in [9.17, 15) is 9.18 Å². The number of halogens is 2. The van der Waals surface area contributed by atoms with Crippen molar-refractivity contribution in [2.45, 2.75) is 57.3 Å². The second kappa shape index (κ2) is 6.10. The van der Waals surface area contributed by atoms with E-state index in [-0.39, 0.29) is 40.8 Å². The second-order valence-electron chi connectivity index (χ2n) is 8.91. The zero-order valence-electron chi connectivity index (χ0n) is 16.8. The molecule has 0 spiro atoms. The van der Waals surface area contributed by atoms with Gasteiger partial charge in [-0.05, 0) is 33.6 Å². The molecule has 0 saturated carbocycles. The van der Waals surface area contributed by atoms with E-state index >= 15 is 0 Å². The van der Waals surface area contributed by atoms with Crippen molar-refractivity contribution >= 4 is 34.4 Å². The average Bonchev–Trinajstić information content (AvgIpc) is 3.08. The lowest BCUT2D eigenvalue weighted by atomic mass is 10.0. The molecule has 29 heavy (non-hydrogen) atoms. The Morgan fingerprint density at radius 1 is 1.31 bits per heavy atom. The van der Waals surface area contributed by atoms with Gasteiger partial charge in [-0.2, -0.15) is 10.1 Å². The Bertz CT molecular complexity index is 1020. The van der Waals surface area contributed by atoms with Gasteiger partial charge in [-0.1, -0.05) is 11.6 Å². The third-order valence-electron chi connectivity index (χ3n) is 5.90. The van der Waals surface area contributed by atoms with Crippen molar-refractivity contribution in [2.24, 2.45) is 7.05 Å². The molecule has 5 heterocycles. The maximum Gasteiger partial charge on any atom is 0.410 e. The fraction of sp³-hybridized carbons (Fsp3) is 0.632. The summed E-state index contributed by atoms with van der Waals surface area (Å²) in [5, 5.41) is 4.87. The molecule has 2 bridgehead atoms. The van der Waals surface area contributed by atoms with Gasteiger partial charge < -0.3 is 14.4 Å². The number of rotatable bonds is 0. The summed E-state index contributed by atoms with van der Waals surface area (Å²) in [5.74, 6) is 0.302. The summed E-state index contributed by atoms with van der Waals surface area (Å²) >= 11 is 5.98. The number of anilines is 1. The largest absolute Gasteiger partial charge is 0.475 e. The minimum atomic E-state index is -0.607. The van der Waals surface area contributed by atoms with Crippen molar-refractivity contribution in [3.63, 3.8) is 0 Å². The lowest BCUT2D eigenvalue weighted by Gasteiger charge is -2.46. The molecule has 0 N–H and O–H groups in total. The van der Waals surface area contributed by atoms with E-state index in [1.54, 1.807) is 7.05 Å². The molecule has 0 radical (unpaired) electrons. The van der Waals surface area contributed by atoms with Crippen LogP contribution in [-0.2, 0) is 11.8 Å². The van der Waals surface area contributed by atoms with E-state index in [0.717, 1.165) is 12.8 Å². The summed E-state index contributed by atoms with van der Waals surface area (Å²) < 4.78 is 27.8. The number of pyridine rings is 1. The van der Waals surface area contributed by atoms with Crippen molar-refractivity contribution in [3.05, 3.63) is 11.0 Å². The molecule has 0 unspecified atom stereocenters. The van der Waals surface area contributed by atoms with Crippen molar-refractivity contribution < 1.29 is 18.7 Å². The van der Waals surface area contributed by atoms with Crippen LogP contribution in [0.4, 0.5) is 15.0 Å². The Morgan fingerprint density at radius 3 is 2.79 bits per heavy atom. The van der Waals surface area contributed by atoms with E-state index in [1.165, 1.54) is 4.68 Å². The summed E-state index contributed by atoms with van der Waals surface area (Å²) in [4.78, 5) is 21.0. The van der Waals surface area contributed by atoms with Crippen molar-refractivity contribution in [1.29, 1.82) is 0 Å². The topological polar surface area (TPSA) is 72.7 Å². The van der Waals surface area contributed by atoms with Crippen LogP contribution in [0.25, 0.3) is 10.9 Å². The van der Waals surface area contributed by atoms with Crippen LogP contribution in [0.3, 0.4) is 0 Å². The van der Waals surface area contributed by atoms with Gasteiger partial charge in [-0.25, -0.2) is 9.18 Å². The number of nitrogens with zero attached hydrogens (tertiary/aromatic N) is 5. The zero-order valence-corrected chi connectivity index (χ0v) is 17.5. The van der Waals surface area contributed by atoms with Crippen LogP contribution in [0.1, 0.15) is 33.6 Å². The first kappa shape index (κ1) is 18.7. The molecule has 2 aromatic heterocycles. The molecule has 8 nitrogen and oxygen atoms in total. The summed E-state index contributed by atoms with van der Waals surface area (Å²) in [7, 11) is 1.68. The van der Waals surface area contributed by atoms with Gasteiger partial charge in [0.05, 0.1) is 18.1 Å². The average molecular weight is 424 g/mol. The summed E-state index contributed by atoms with van der Waals surface area (Å²) in [6.07, 6.45) is 1.43. The predicted octanol–water partition coefficient (Wildman–Crippen LogP) is 3.11. The highest BCUT2D eigenvalue weighted by molar-refractivity contribution is 6.30. The second-order valence-corrected chi connectivity index (χ2v) is 9.27. The highest BCUT2D eigenvalue weighted by Gasteiger charge is 2.51. The SMILES string of the molecule is Cn1nc2c3c(nc(Cl)c(F)c31)OC[C@@H]1[C@@H]3CC[C@H](CN21)N3C(=O)OC(C)(C)C. The fourth-order valence-electron chi connectivity index (χ4n) is 4.80. The van der Waals surface area contributed by atoms with Gasteiger partial charge in [0.25, 0.3) is 0 Å². The fourth-order valence-corrected chi connectivity index (χ4v) is 4.97. The minimum absolute atomic E-state index is 0.00909. The van der Waals surface area contributed by atoms with Gasteiger partial charge in [0.2, 0.25) is 5.88 Å². The number of hydrogen-bond donors (Lipinski definition) is 0. The van der Waals surface area contributed by atoms with Crippen molar-refractivity contribution in [1.82, 2.24) is 19.7 Å². The number of ether oxygens (including phenoxy) is 2. The normalized spacial score (nSPS) is 25.7. The molecule has 0 aliphatic carbocycles. The number of fused-ring (bicyclic) bond motifs is 5. The number of aromatic nitrogens is 3. The molecular weight excluding hydrogens is 401 g/mol. The molecule has 156 valence electrons. The molecule has 3 aliphatic heterocycles. The molecule has 0 aromatic carbocycles. The van der Waals surface area contributed by atoms with Crippen LogP contribution < -0.4 is 9.64 Å². The molecule has 2 aromatic rings. The van der Waals surface area contributed by atoms with Gasteiger partial charge in [-0.3, -0.25) is 9.58 Å². The number of piperazine rings is 1. The Hall–Kier alpha value is -2.29. The van der Waals surface area contributed by atoms with Gasteiger partial charge in [0.15, 0.2) is 16.8 Å². The predicted molar refractivity (Wildman–Crippen MR) is 105 cm³/mol. The molecule has 2 saturated heterocycles. The van der Waals surface area contributed by atoms with Crippen LogP contribution >= 0.6 is 11.6 Å². The molecular formula is C19H23ClFN5O3. The Labute approximate surface area is 172 Å². The molecule has 10 heteroatoms. The highest BCUT2D eigenvalue weighted by atomic mass is 35.5. The van der Waals surface area contributed by atoms with Crippen LogP contribution in [0, 0.1) is 5.82 Å². The zero-order chi connectivity index (χ0) is 20.7. The molecule has 3 aliphatic rings. The smallest absolute Gasteiger partial charge is 0.410 e. The number of hydrogen-bond acceptors (Lipinski definition) is 6. The quantitative estimate of drug-likeness (QED) is 0.606. The monoisotopic (exact) mass is 423 g/mol. The maximum atomic E-state index is 14.7. The first-order valence-corrected chi connectivity index (χ1v) is 10.2. The van der Waals surface area contributed by atoms with E-state index in [2.05, 4.69) is 15.0 Å².